The summed E-state index contributed by atoms with van der Waals surface area (Å²) < 4.78 is 10.3. The van der Waals surface area contributed by atoms with E-state index in [-0.39, 0.29) is 36.4 Å². The Morgan fingerprint density at radius 1 is 1.03 bits per heavy atom. The van der Waals surface area contributed by atoms with Crippen molar-refractivity contribution in [3.05, 3.63) is 72.7 Å². The highest BCUT2D eigenvalue weighted by Crippen LogP contribution is 2.28. The molecule has 3 aromatic rings. The van der Waals surface area contributed by atoms with Crippen LogP contribution in [0.2, 0.25) is 0 Å². The third kappa shape index (κ3) is 4.58. The summed E-state index contributed by atoms with van der Waals surface area (Å²) in [4.78, 5) is 39.0. The van der Waals surface area contributed by atoms with E-state index in [9.17, 15) is 14.4 Å². The van der Waals surface area contributed by atoms with E-state index in [1.165, 1.54) is 6.26 Å². The zero-order valence-electron chi connectivity index (χ0n) is 16.8. The maximum absolute atomic E-state index is 12.8. The first-order valence-electron chi connectivity index (χ1n) is 9.73. The smallest absolute Gasteiger partial charge is 0.291 e. The van der Waals surface area contributed by atoms with Gasteiger partial charge in [0.05, 0.1) is 19.3 Å². The monoisotopic (exact) mass is 419 g/mol. The Labute approximate surface area is 178 Å². The first-order chi connectivity index (χ1) is 15.0. The summed E-state index contributed by atoms with van der Waals surface area (Å²) >= 11 is 0. The Balaban J connectivity index is 1.40. The number of methoxy groups -OCH3 is 1. The Hall–Kier alpha value is -4.07. The molecule has 1 fully saturated rings. The van der Waals surface area contributed by atoms with E-state index in [1.807, 2.05) is 6.07 Å². The van der Waals surface area contributed by atoms with Crippen LogP contribution in [0.25, 0.3) is 0 Å². The molecule has 2 N–H and O–H groups in total. The van der Waals surface area contributed by atoms with Crippen molar-refractivity contribution in [2.45, 2.75) is 6.42 Å². The number of furan rings is 1. The highest BCUT2D eigenvalue weighted by Gasteiger charge is 2.35. The number of carbonyl (C=O) groups excluding carboxylic acids is 3. The molecule has 0 bridgehead atoms. The van der Waals surface area contributed by atoms with Gasteiger partial charge >= 0.3 is 0 Å². The number of hydrogen-bond acceptors (Lipinski definition) is 5. The lowest BCUT2D eigenvalue weighted by molar-refractivity contribution is -0.122. The number of nitrogens with zero attached hydrogens (tertiary/aromatic N) is 1. The van der Waals surface area contributed by atoms with E-state index in [0.29, 0.717) is 22.8 Å². The number of amides is 3. The summed E-state index contributed by atoms with van der Waals surface area (Å²) in [5.41, 5.74) is 1.73. The molecule has 158 valence electrons. The van der Waals surface area contributed by atoms with Crippen molar-refractivity contribution in [1.29, 1.82) is 0 Å². The molecule has 0 spiro atoms. The van der Waals surface area contributed by atoms with Crippen molar-refractivity contribution in [2.24, 2.45) is 5.92 Å². The molecule has 8 heteroatoms. The van der Waals surface area contributed by atoms with Crippen LogP contribution >= 0.6 is 0 Å². The van der Waals surface area contributed by atoms with Gasteiger partial charge in [-0.05, 0) is 42.5 Å². The molecular weight excluding hydrogens is 398 g/mol. The van der Waals surface area contributed by atoms with E-state index in [4.69, 9.17) is 9.15 Å². The number of ether oxygens (including phenoxy) is 1. The third-order valence-corrected chi connectivity index (χ3v) is 4.99. The predicted octanol–water partition coefficient (Wildman–Crippen LogP) is 3.53. The van der Waals surface area contributed by atoms with Gasteiger partial charge in [-0.2, -0.15) is 0 Å². The van der Waals surface area contributed by atoms with Crippen LogP contribution in [0.15, 0.2) is 71.3 Å². The van der Waals surface area contributed by atoms with Crippen molar-refractivity contribution in [1.82, 2.24) is 0 Å². The quantitative estimate of drug-likeness (QED) is 0.637. The zero-order chi connectivity index (χ0) is 21.8. The van der Waals surface area contributed by atoms with Gasteiger partial charge in [0, 0.05) is 36.1 Å². The van der Waals surface area contributed by atoms with Crippen LogP contribution in [0.3, 0.4) is 0 Å². The lowest BCUT2D eigenvalue weighted by Crippen LogP contribution is -2.28. The Kier molecular flexibility index (Phi) is 5.70. The van der Waals surface area contributed by atoms with Crippen LogP contribution in [0, 0.1) is 5.92 Å². The van der Waals surface area contributed by atoms with Gasteiger partial charge in [-0.25, -0.2) is 0 Å². The van der Waals surface area contributed by atoms with E-state index in [1.54, 1.807) is 66.6 Å². The molecule has 0 unspecified atom stereocenters. The summed E-state index contributed by atoms with van der Waals surface area (Å²) in [5.74, 6) is -0.409. The van der Waals surface area contributed by atoms with Crippen LogP contribution in [-0.4, -0.2) is 31.4 Å². The Morgan fingerprint density at radius 2 is 1.81 bits per heavy atom. The van der Waals surface area contributed by atoms with E-state index in [0.717, 1.165) is 0 Å². The number of hydrogen-bond donors (Lipinski definition) is 2. The molecule has 2 aromatic carbocycles. The molecule has 1 atom stereocenters. The van der Waals surface area contributed by atoms with Gasteiger partial charge < -0.3 is 24.7 Å². The molecular formula is C23H21N3O5. The minimum Gasteiger partial charge on any atom is -0.497 e. The minimum atomic E-state index is -0.486. The van der Waals surface area contributed by atoms with Crippen molar-refractivity contribution >= 4 is 34.8 Å². The van der Waals surface area contributed by atoms with Gasteiger partial charge in [0.2, 0.25) is 11.8 Å². The van der Waals surface area contributed by atoms with Gasteiger partial charge in [-0.15, -0.1) is 0 Å². The average Bonchev–Trinajstić information content (AvgIpc) is 3.44. The molecule has 4 rings (SSSR count). The van der Waals surface area contributed by atoms with Crippen molar-refractivity contribution in [3.8, 4) is 5.75 Å². The summed E-state index contributed by atoms with van der Waals surface area (Å²) in [7, 11) is 1.56. The fraction of sp³-hybridized carbons (Fsp3) is 0.174. The summed E-state index contributed by atoms with van der Waals surface area (Å²) in [6, 6.07) is 17.2. The minimum absolute atomic E-state index is 0.118. The lowest BCUT2D eigenvalue weighted by atomic mass is 10.1. The second-order valence-corrected chi connectivity index (χ2v) is 7.11. The lowest BCUT2D eigenvalue weighted by Gasteiger charge is -2.17. The molecule has 0 radical (unpaired) electrons. The van der Waals surface area contributed by atoms with Crippen LogP contribution in [0.5, 0.6) is 5.75 Å². The largest absolute Gasteiger partial charge is 0.497 e. The predicted molar refractivity (Wildman–Crippen MR) is 115 cm³/mol. The van der Waals surface area contributed by atoms with Crippen molar-refractivity contribution in [3.63, 3.8) is 0 Å². The number of carbonyl (C=O) groups is 3. The average molecular weight is 419 g/mol. The molecule has 1 aliphatic rings. The molecule has 31 heavy (non-hydrogen) atoms. The van der Waals surface area contributed by atoms with Gasteiger partial charge in [0.1, 0.15) is 5.75 Å². The third-order valence-electron chi connectivity index (χ3n) is 4.99. The van der Waals surface area contributed by atoms with Gasteiger partial charge in [-0.3, -0.25) is 14.4 Å². The second-order valence-electron chi connectivity index (χ2n) is 7.11. The van der Waals surface area contributed by atoms with Crippen LogP contribution in [-0.2, 0) is 9.59 Å². The number of benzene rings is 2. The van der Waals surface area contributed by atoms with Gasteiger partial charge in [0.25, 0.3) is 5.91 Å². The van der Waals surface area contributed by atoms with Crippen LogP contribution < -0.4 is 20.3 Å². The van der Waals surface area contributed by atoms with E-state index in [2.05, 4.69) is 10.6 Å². The molecule has 0 aliphatic carbocycles. The highest BCUT2D eigenvalue weighted by atomic mass is 16.5. The molecule has 1 saturated heterocycles. The van der Waals surface area contributed by atoms with E-state index >= 15 is 0 Å². The maximum atomic E-state index is 12.8. The summed E-state index contributed by atoms with van der Waals surface area (Å²) in [6.45, 7) is 0.284. The maximum Gasteiger partial charge on any atom is 0.291 e. The van der Waals surface area contributed by atoms with Gasteiger partial charge in [0.15, 0.2) is 5.76 Å². The Morgan fingerprint density at radius 3 is 2.55 bits per heavy atom. The van der Waals surface area contributed by atoms with Gasteiger partial charge in [-0.1, -0.05) is 12.1 Å². The summed E-state index contributed by atoms with van der Waals surface area (Å²) in [5, 5.41) is 5.55. The first kappa shape index (κ1) is 20.2. The zero-order valence-corrected chi connectivity index (χ0v) is 16.8. The molecule has 1 aromatic heterocycles. The molecule has 1 aliphatic heterocycles. The topological polar surface area (TPSA) is 101 Å². The van der Waals surface area contributed by atoms with E-state index < -0.39 is 5.92 Å². The molecule has 0 saturated carbocycles. The molecule has 2 heterocycles. The molecule has 3 amide bonds. The first-order valence-corrected chi connectivity index (χ1v) is 9.73. The van der Waals surface area contributed by atoms with Crippen LogP contribution in [0.1, 0.15) is 17.0 Å². The summed E-state index contributed by atoms with van der Waals surface area (Å²) in [6.07, 6.45) is 1.54. The number of anilines is 3. The van der Waals surface area contributed by atoms with Crippen LogP contribution in [0.4, 0.5) is 17.1 Å². The standard InChI is InChI=1S/C23H21N3O5/c1-30-19-8-3-7-18(13-19)26-14-15(11-21(26)27)22(28)24-16-5-2-6-17(12-16)25-23(29)20-9-4-10-31-20/h2-10,12-13,15H,11,14H2,1H3,(H,24,28)(H,25,29)/t15-/m0/s1. The fourth-order valence-electron chi connectivity index (χ4n) is 3.43. The Bertz CT molecular complexity index is 1110. The second kappa shape index (κ2) is 8.74. The highest BCUT2D eigenvalue weighted by molar-refractivity contribution is 6.05. The normalized spacial score (nSPS) is 15.6. The SMILES string of the molecule is COc1cccc(N2C[C@@H](C(=O)Nc3cccc(NC(=O)c4ccco4)c3)CC2=O)c1. The number of rotatable bonds is 6. The fourth-order valence-corrected chi connectivity index (χ4v) is 3.43. The van der Waals surface area contributed by atoms with Crippen molar-refractivity contribution < 1.29 is 23.5 Å². The number of nitrogens with one attached hydrogen (secondary N) is 2. The van der Waals surface area contributed by atoms with Crippen molar-refractivity contribution in [2.75, 3.05) is 29.2 Å². The molecule has 8 nitrogen and oxygen atoms in total.